The van der Waals surface area contributed by atoms with E-state index < -0.39 is 17.8 Å². The van der Waals surface area contributed by atoms with Crippen LogP contribution in [0, 0.1) is 23.5 Å². The van der Waals surface area contributed by atoms with Crippen molar-refractivity contribution in [1.82, 2.24) is 10.2 Å². The van der Waals surface area contributed by atoms with Crippen LogP contribution in [0.4, 0.5) is 8.78 Å². The van der Waals surface area contributed by atoms with E-state index in [1.807, 2.05) is 27.7 Å². The first kappa shape index (κ1) is 15.9. The fraction of sp³-hybridized carbons (Fsp3) is 0.562. The topological polar surface area (TPSA) is 32.3 Å². The van der Waals surface area contributed by atoms with Crippen LogP contribution in [0.2, 0.25) is 0 Å². The quantitative estimate of drug-likeness (QED) is 0.926. The SMILES string of the molecule is CC(C)CN1C(=O)C(C(C)C)NC1c1ccc(F)c(F)c1. The molecule has 0 aromatic heterocycles. The summed E-state index contributed by atoms with van der Waals surface area (Å²) < 4.78 is 26.6. The fourth-order valence-electron chi connectivity index (χ4n) is 2.66. The standard InChI is InChI=1S/C16H22F2N2O/c1-9(2)8-20-15(19-14(10(3)4)16(20)21)11-5-6-12(17)13(18)7-11/h5-7,9-10,14-15,19H,8H2,1-4H3. The van der Waals surface area contributed by atoms with E-state index in [1.165, 1.54) is 6.07 Å². The Morgan fingerprint density at radius 2 is 1.86 bits per heavy atom. The normalized spacial score (nSPS) is 22.7. The summed E-state index contributed by atoms with van der Waals surface area (Å²) in [6, 6.07) is 3.50. The zero-order valence-electron chi connectivity index (χ0n) is 12.9. The lowest BCUT2D eigenvalue weighted by molar-refractivity contribution is -0.131. The molecule has 1 fully saturated rings. The van der Waals surface area contributed by atoms with Crippen LogP contribution in [-0.4, -0.2) is 23.4 Å². The van der Waals surface area contributed by atoms with E-state index in [2.05, 4.69) is 5.32 Å². The Bertz CT molecular complexity index is 531. The van der Waals surface area contributed by atoms with E-state index in [0.717, 1.165) is 12.1 Å². The Morgan fingerprint density at radius 3 is 2.38 bits per heavy atom. The molecule has 21 heavy (non-hydrogen) atoms. The van der Waals surface area contributed by atoms with Gasteiger partial charge in [0.25, 0.3) is 0 Å². The summed E-state index contributed by atoms with van der Waals surface area (Å²) in [5.74, 6) is -1.30. The summed E-state index contributed by atoms with van der Waals surface area (Å²) in [4.78, 5) is 14.2. The number of carbonyl (C=O) groups excluding carboxylic acids is 1. The molecule has 1 heterocycles. The lowest BCUT2D eigenvalue weighted by Crippen LogP contribution is -2.36. The van der Waals surface area contributed by atoms with Gasteiger partial charge in [-0.15, -0.1) is 0 Å². The van der Waals surface area contributed by atoms with Crippen molar-refractivity contribution in [2.45, 2.75) is 39.9 Å². The summed E-state index contributed by atoms with van der Waals surface area (Å²) in [6.07, 6.45) is -0.401. The van der Waals surface area contributed by atoms with Crippen LogP contribution in [0.3, 0.4) is 0 Å². The second kappa shape index (κ2) is 6.10. The Kier molecular flexibility index (Phi) is 4.61. The summed E-state index contributed by atoms with van der Waals surface area (Å²) >= 11 is 0. The summed E-state index contributed by atoms with van der Waals surface area (Å²) in [7, 11) is 0. The number of benzene rings is 1. The third-order valence-electron chi connectivity index (χ3n) is 3.69. The van der Waals surface area contributed by atoms with E-state index in [0.29, 0.717) is 18.0 Å². The van der Waals surface area contributed by atoms with Gasteiger partial charge >= 0.3 is 0 Å². The summed E-state index contributed by atoms with van der Waals surface area (Å²) in [5, 5.41) is 3.25. The monoisotopic (exact) mass is 296 g/mol. The molecule has 0 spiro atoms. The molecule has 116 valence electrons. The van der Waals surface area contributed by atoms with Crippen molar-refractivity contribution in [3.8, 4) is 0 Å². The minimum atomic E-state index is -0.890. The van der Waals surface area contributed by atoms with Gasteiger partial charge in [0, 0.05) is 6.54 Å². The predicted molar refractivity (Wildman–Crippen MR) is 77.4 cm³/mol. The van der Waals surface area contributed by atoms with Crippen molar-refractivity contribution in [1.29, 1.82) is 0 Å². The first-order chi connectivity index (χ1) is 9.81. The van der Waals surface area contributed by atoms with Crippen LogP contribution in [-0.2, 0) is 4.79 Å². The van der Waals surface area contributed by atoms with Crippen molar-refractivity contribution in [2.24, 2.45) is 11.8 Å². The van der Waals surface area contributed by atoms with Gasteiger partial charge in [-0.3, -0.25) is 10.1 Å². The highest BCUT2D eigenvalue weighted by molar-refractivity contribution is 5.84. The molecule has 0 saturated carbocycles. The van der Waals surface area contributed by atoms with Crippen molar-refractivity contribution in [3.63, 3.8) is 0 Å². The number of carbonyl (C=O) groups is 1. The first-order valence-corrected chi connectivity index (χ1v) is 7.32. The van der Waals surface area contributed by atoms with Crippen LogP contribution >= 0.6 is 0 Å². The van der Waals surface area contributed by atoms with E-state index in [-0.39, 0.29) is 17.9 Å². The third-order valence-corrected chi connectivity index (χ3v) is 3.69. The van der Waals surface area contributed by atoms with Crippen LogP contribution in [0.25, 0.3) is 0 Å². The average molecular weight is 296 g/mol. The zero-order valence-corrected chi connectivity index (χ0v) is 12.9. The maximum Gasteiger partial charge on any atom is 0.241 e. The van der Waals surface area contributed by atoms with E-state index >= 15 is 0 Å². The Morgan fingerprint density at radius 1 is 1.19 bits per heavy atom. The molecule has 1 aliphatic heterocycles. The van der Waals surface area contributed by atoms with E-state index in [9.17, 15) is 13.6 Å². The summed E-state index contributed by atoms with van der Waals surface area (Å²) in [5.41, 5.74) is 0.575. The van der Waals surface area contributed by atoms with Crippen molar-refractivity contribution >= 4 is 5.91 Å². The van der Waals surface area contributed by atoms with Gasteiger partial charge in [0.15, 0.2) is 11.6 Å². The molecule has 1 saturated heterocycles. The van der Waals surface area contributed by atoms with Gasteiger partial charge < -0.3 is 4.90 Å². The predicted octanol–water partition coefficient (Wildman–Crippen LogP) is 3.08. The molecule has 2 unspecified atom stereocenters. The molecule has 1 aromatic rings. The molecule has 3 nitrogen and oxygen atoms in total. The maximum absolute atomic E-state index is 13.5. The second-order valence-electron chi connectivity index (χ2n) is 6.35. The van der Waals surface area contributed by atoms with Crippen molar-refractivity contribution in [3.05, 3.63) is 35.4 Å². The number of hydrogen-bond acceptors (Lipinski definition) is 2. The number of rotatable bonds is 4. The molecule has 0 aliphatic carbocycles. The maximum atomic E-state index is 13.5. The highest BCUT2D eigenvalue weighted by Gasteiger charge is 2.41. The Hall–Kier alpha value is -1.49. The minimum Gasteiger partial charge on any atom is -0.321 e. The fourth-order valence-corrected chi connectivity index (χ4v) is 2.66. The van der Waals surface area contributed by atoms with Gasteiger partial charge in [0.1, 0.15) is 6.17 Å². The number of nitrogens with one attached hydrogen (secondary N) is 1. The first-order valence-electron chi connectivity index (χ1n) is 7.32. The Labute approximate surface area is 124 Å². The molecule has 0 bridgehead atoms. The molecule has 1 aliphatic rings. The molecule has 0 radical (unpaired) electrons. The zero-order chi connectivity index (χ0) is 15.7. The van der Waals surface area contributed by atoms with Gasteiger partial charge in [0.2, 0.25) is 5.91 Å². The molecule has 1 amide bonds. The van der Waals surface area contributed by atoms with Gasteiger partial charge in [-0.05, 0) is 29.5 Å². The van der Waals surface area contributed by atoms with E-state index in [1.54, 1.807) is 4.90 Å². The molecular weight excluding hydrogens is 274 g/mol. The molecule has 2 atom stereocenters. The molecule has 2 rings (SSSR count). The van der Waals surface area contributed by atoms with Crippen LogP contribution in [0.15, 0.2) is 18.2 Å². The van der Waals surface area contributed by atoms with Gasteiger partial charge in [-0.2, -0.15) is 0 Å². The van der Waals surface area contributed by atoms with Gasteiger partial charge in [-0.1, -0.05) is 33.8 Å². The third kappa shape index (κ3) is 3.23. The molecular formula is C16H22F2N2O. The lowest BCUT2D eigenvalue weighted by atomic mass is 10.0. The highest BCUT2D eigenvalue weighted by atomic mass is 19.2. The number of hydrogen-bond donors (Lipinski definition) is 1. The second-order valence-corrected chi connectivity index (χ2v) is 6.35. The number of amides is 1. The van der Waals surface area contributed by atoms with Crippen molar-refractivity contribution in [2.75, 3.05) is 6.54 Å². The van der Waals surface area contributed by atoms with Crippen LogP contribution in [0.5, 0.6) is 0 Å². The summed E-state index contributed by atoms with van der Waals surface area (Å²) in [6.45, 7) is 8.57. The largest absolute Gasteiger partial charge is 0.321 e. The number of nitrogens with zero attached hydrogens (tertiary/aromatic N) is 1. The lowest BCUT2D eigenvalue weighted by Gasteiger charge is -2.26. The minimum absolute atomic E-state index is 0.0217. The van der Waals surface area contributed by atoms with Crippen molar-refractivity contribution < 1.29 is 13.6 Å². The molecule has 1 N–H and O–H groups in total. The van der Waals surface area contributed by atoms with Gasteiger partial charge in [0.05, 0.1) is 6.04 Å². The average Bonchev–Trinajstić information content (AvgIpc) is 2.70. The molecule has 5 heteroatoms. The smallest absolute Gasteiger partial charge is 0.241 e. The van der Waals surface area contributed by atoms with Gasteiger partial charge in [-0.25, -0.2) is 8.78 Å². The van der Waals surface area contributed by atoms with Crippen LogP contribution in [0.1, 0.15) is 39.4 Å². The Balaban J connectivity index is 2.34. The van der Waals surface area contributed by atoms with Crippen LogP contribution < -0.4 is 5.32 Å². The highest BCUT2D eigenvalue weighted by Crippen LogP contribution is 2.29. The molecule has 1 aromatic carbocycles. The van der Waals surface area contributed by atoms with E-state index in [4.69, 9.17) is 0 Å². The number of halogens is 2.